The zero-order valence-corrected chi connectivity index (χ0v) is 15.1. The first-order valence-corrected chi connectivity index (χ1v) is 8.45. The lowest BCUT2D eigenvalue weighted by Gasteiger charge is -2.35. The molecule has 0 spiro atoms. The largest absolute Gasteiger partial charge is 0.504 e. The highest BCUT2D eigenvalue weighted by molar-refractivity contribution is 5.80. The van der Waals surface area contributed by atoms with Crippen molar-refractivity contribution >= 4 is 5.97 Å². The third-order valence-corrected chi connectivity index (χ3v) is 4.47. The summed E-state index contributed by atoms with van der Waals surface area (Å²) >= 11 is 0. The standard InChI is InChI=1S/C19H18O9/c1-23-11-5-9(3-4-10(11)21)16-14(7-20)26-17-12(24-2)6-13-18(19(17)28-16)27-15(22)8-25-13/h3-6,14,16,20-21H,7-8H2,1-2H3. The van der Waals surface area contributed by atoms with E-state index in [2.05, 4.69) is 0 Å². The van der Waals surface area contributed by atoms with Crippen LogP contribution in [-0.2, 0) is 4.79 Å². The number of aliphatic hydroxyl groups is 1. The Kier molecular flexibility index (Phi) is 4.52. The number of phenolic OH excluding ortho intramolecular Hbond substituents is 1. The van der Waals surface area contributed by atoms with Crippen molar-refractivity contribution in [3.8, 4) is 40.2 Å². The molecule has 2 atom stereocenters. The first-order chi connectivity index (χ1) is 13.5. The van der Waals surface area contributed by atoms with Crippen LogP contribution >= 0.6 is 0 Å². The average Bonchev–Trinajstić information content (AvgIpc) is 2.72. The molecular formula is C19H18O9. The predicted octanol–water partition coefficient (Wildman–Crippen LogP) is 1.58. The van der Waals surface area contributed by atoms with E-state index in [-0.39, 0.29) is 47.7 Å². The molecule has 2 aromatic rings. The minimum atomic E-state index is -0.783. The van der Waals surface area contributed by atoms with Crippen LogP contribution in [0.1, 0.15) is 11.7 Å². The van der Waals surface area contributed by atoms with E-state index in [1.807, 2.05) is 0 Å². The van der Waals surface area contributed by atoms with Crippen LogP contribution in [0.5, 0.6) is 40.2 Å². The van der Waals surface area contributed by atoms with Crippen molar-refractivity contribution < 1.29 is 43.4 Å². The van der Waals surface area contributed by atoms with Gasteiger partial charge in [0.25, 0.3) is 0 Å². The van der Waals surface area contributed by atoms with E-state index in [1.54, 1.807) is 12.1 Å². The Balaban J connectivity index is 1.82. The molecule has 0 aromatic heterocycles. The van der Waals surface area contributed by atoms with Crippen LogP contribution in [0.15, 0.2) is 24.3 Å². The lowest BCUT2D eigenvalue weighted by Crippen LogP contribution is -2.37. The number of benzene rings is 2. The highest BCUT2D eigenvalue weighted by atomic mass is 16.6. The monoisotopic (exact) mass is 390 g/mol. The molecule has 0 saturated heterocycles. The summed E-state index contributed by atoms with van der Waals surface area (Å²) in [6.45, 7) is -0.586. The number of aromatic hydroxyl groups is 1. The minimum absolute atomic E-state index is 0.0368. The first-order valence-electron chi connectivity index (χ1n) is 8.45. The van der Waals surface area contributed by atoms with Crippen molar-refractivity contribution in [3.63, 3.8) is 0 Å². The van der Waals surface area contributed by atoms with Gasteiger partial charge in [-0.1, -0.05) is 6.07 Å². The number of carbonyl (C=O) groups excluding carboxylic acids is 1. The number of hydrogen-bond donors (Lipinski definition) is 2. The zero-order valence-electron chi connectivity index (χ0n) is 15.1. The molecule has 0 radical (unpaired) electrons. The topological polar surface area (TPSA) is 113 Å². The highest BCUT2D eigenvalue weighted by Crippen LogP contribution is 2.55. The number of aliphatic hydroxyl groups excluding tert-OH is 1. The third kappa shape index (κ3) is 2.89. The molecule has 0 saturated carbocycles. The second kappa shape index (κ2) is 7.01. The Morgan fingerprint density at radius 1 is 1.07 bits per heavy atom. The van der Waals surface area contributed by atoms with Crippen molar-refractivity contribution in [1.29, 1.82) is 0 Å². The SMILES string of the molecule is COc1cc(C2Oc3c4c(cc(OC)c3OC2CO)OCC(=O)O4)ccc1O. The number of fused-ring (bicyclic) bond motifs is 3. The molecule has 2 aromatic carbocycles. The maximum Gasteiger partial charge on any atom is 0.349 e. The predicted molar refractivity (Wildman–Crippen MR) is 93.7 cm³/mol. The van der Waals surface area contributed by atoms with E-state index >= 15 is 0 Å². The van der Waals surface area contributed by atoms with Crippen molar-refractivity contribution in [2.75, 3.05) is 27.4 Å². The van der Waals surface area contributed by atoms with E-state index < -0.39 is 18.2 Å². The molecule has 2 unspecified atom stereocenters. The van der Waals surface area contributed by atoms with E-state index in [4.69, 9.17) is 28.4 Å². The van der Waals surface area contributed by atoms with Gasteiger partial charge in [0.1, 0.15) is 0 Å². The fraction of sp³-hybridized carbons (Fsp3) is 0.316. The van der Waals surface area contributed by atoms with Crippen LogP contribution in [-0.4, -0.2) is 49.7 Å². The van der Waals surface area contributed by atoms with Crippen LogP contribution in [0, 0.1) is 0 Å². The molecule has 0 aliphatic carbocycles. The van der Waals surface area contributed by atoms with Gasteiger partial charge >= 0.3 is 5.97 Å². The normalized spacial score (nSPS) is 19.9. The van der Waals surface area contributed by atoms with Crippen LogP contribution in [0.4, 0.5) is 0 Å². The second-order valence-corrected chi connectivity index (χ2v) is 6.14. The molecule has 2 heterocycles. The second-order valence-electron chi connectivity index (χ2n) is 6.14. The van der Waals surface area contributed by atoms with E-state index in [9.17, 15) is 15.0 Å². The number of methoxy groups -OCH3 is 2. The van der Waals surface area contributed by atoms with Gasteiger partial charge in [-0.25, -0.2) is 4.79 Å². The van der Waals surface area contributed by atoms with Crippen LogP contribution in [0.2, 0.25) is 0 Å². The van der Waals surface area contributed by atoms with Gasteiger partial charge in [0, 0.05) is 11.6 Å². The number of phenols is 1. The molecule has 2 aliphatic heterocycles. The van der Waals surface area contributed by atoms with Crippen molar-refractivity contribution in [2.45, 2.75) is 12.2 Å². The average molecular weight is 390 g/mol. The van der Waals surface area contributed by atoms with Crippen LogP contribution in [0.3, 0.4) is 0 Å². The van der Waals surface area contributed by atoms with Gasteiger partial charge in [-0.3, -0.25) is 0 Å². The summed E-state index contributed by atoms with van der Waals surface area (Å²) in [7, 11) is 2.87. The number of carbonyl (C=O) groups is 1. The maximum atomic E-state index is 11.7. The Bertz CT molecular complexity index is 924. The number of ether oxygens (including phenoxy) is 6. The number of rotatable bonds is 4. The molecule has 9 heteroatoms. The highest BCUT2D eigenvalue weighted by Gasteiger charge is 2.39. The molecule has 148 valence electrons. The fourth-order valence-electron chi connectivity index (χ4n) is 3.13. The van der Waals surface area contributed by atoms with E-state index in [1.165, 1.54) is 26.4 Å². The van der Waals surface area contributed by atoms with Gasteiger partial charge in [0.05, 0.1) is 20.8 Å². The molecule has 9 nitrogen and oxygen atoms in total. The molecule has 2 N–H and O–H groups in total. The van der Waals surface area contributed by atoms with Gasteiger partial charge in [-0.15, -0.1) is 0 Å². The van der Waals surface area contributed by atoms with Gasteiger partial charge < -0.3 is 38.6 Å². The number of esters is 1. The summed E-state index contributed by atoms with van der Waals surface area (Å²) < 4.78 is 33.2. The molecule has 2 aliphatic rings. The Labute approximate surface area is 159 Å². The third-order valence-electron chi connectivity index (χ3n) is 4.47. The Morgan fingerprint density at radius 2 is 1.86 bits per heavy atom. The maximum absolute atomic E-state index is 11.7. The van der Waals surface area contributed by atoms with Crippen molar-refractivity contribution in [1.82, 2.24) is 0 Å². The minimum Gasteiger partial charge on any atom is -0.504 e. The first kappa shape index (κ1) is 18.1. The van der Waals surface area contributed by atoms with Crippen LogP contribution < -0.4 is 28.4 Å². The van der Waals surface area contributed by atoms with E-state index in [0.29, 0.717) is 11.3 Å². The van der Waals surface area contributed by atoms with Crippen molar-refractivity contribution in [2.24, 2.45) is 0 Å². The molecular weight excluding hydrogens is 372 g/mol. The molecule has 0 amide bonds. The van der Waals surface area contributed by atoms with Gasteiger partial charge in [-0.2, -0.15) is 0 Å². The van der Waals surface area contributed by atoms with Crippen LogP contribution in [0.25, 0.3) is 0 Å². The summed E-state index contributed by atoms with van der Waals surface area (Å²) in [6, 6.07) is 6.18. The summed E-state index contributed by atoms with van der Waals surface area (Å²) in [6.07, 6.45) is -1.56. The lowest BCUT2D eigenvalue weighted by molar-refractivity contribution is -0.139. The van der Waals surface area contributed by atoms with Gasteiger partial charge in [0.15, 0.2) is 41.8 Å². The smallest absolute Gasteiger partial charge is 0.349 e. The molecule has 4 rings (SSSR count). The Morgan fingerprint density at radius 3 is 2.57 bits per heavy atom. The molecule has 0 bridgehead atoms. The van der Waals surface area contributed by atoms with Gasteiger partial charge in [-0.05, 0) is 12.1 Å². The summed E-state index contributed by atoms with van der Waals surface area (Å²) in [5, 5.41) is 19.7. The summed E-state index contributed by atoms with van der Waals surface area (Å²) in [5.74, 6) is 0.631. The van der Waals surface area contributed by atoms with Gasteiger partial charge in [0.2, 0.25) is 17.2 Å². The zero-order chi connectivity index (χ0) is 19.8. The quantitative estimate of drug-likeness (QED) is 0.593. The number of hydrogen-bond acceptors (Lipinski definition) is 9. The van der Waals surface area contributed by atoms with E-state index in [0.717, 1.165) is 0 Å². The summed E-state index contributed by atoms with van der Waals surface area (Å²) in [5.41, 5.74) is 0.582. The lowest BCUT2D eigenvalue weighted by atomic mass is 10.0. The fourth-order valence-corrected chi connectivity index (χ4v) is 3.13. The molecule has 28 heavy (non-hydrogen) atoms. The molecule has 0 fully saturated rings. The Hall–Kier alpha value is -3.33. The summed E-state index contributed by atoms with van der Waals surface area (Å²) in [4.78, 5) is 11.7. The van der Waals surface area contributed by atoms with Crippen molar-refractivity contribution in [3.05, 3.63) is 29.8 Å².